The zero-order valence-corrected chi connectivity index (χ0v) is 9.31. The molecule has 0 radical (unpaired) electrons. The standard InChI is InChI=1S/C12H12ClN/c1-7-4-5-10-11(9(7)3)6-8(2)14-12(10)13/h4-6H,1-3H3. The third-order valence-electron chi connectivity index (χ3n) is 2.64. The van der Waals surface area contributed by atoms with E-state index in [0.717, 1.165) is 11.1 Å². The van der Waals surface area contributed by atoms with Crippen molar-refractivity contribution in [1.29, 1.82) is 0 Å². The Morgan fingerprint density at radius 3 is 2.50 bits per heavy atom. The molecule has 2 aromatic rings. The van der Waals surface area contributed by atoms with Crippen molar-refractivity contribution in [2.45, 2.75) is 20.8 Å². The molecule has 0 spiro atoms. The number of hydrogen-bond acceptors (Lipinski definition) is 1. The van der Waals surface area contributed by atoms with Gasteiger partial charge in [0.25, 0.3) is 0 Å². The summed E-state index contributed by atoms with van der Waals surface area (Å²) >= 11 is 6.08. The normalized spacial score (nSPS) is 10.9. The first-order valence-corrected chi connectivity index (χ1v) is 5.00. The minimum Gasteiger partial charge on any atom is -0.241 e. The largest absolute Gasteiger partial charge is 0.241 e. The predicted molar refractivity (Wildman–Crippen MR) is 61.0 cm³/mol. The van der Waals surface area contributed by atoms with Crippen molar-refractivity contribution in [3.05, 3.63) is 40.2 Å². The van der Waals surface area contributed by atoms with Gasteiger partial charge in [-0.05, 0) is 43.4 Å². The van der Waals surface area contributed by atoms with Gasteiger partial charge in [-0.3, -0.25) is 0 Å². The molecule has 2 heteroatoms. The van der Waals surface area contributed by atoms with Gasteiger partial charge in [0.2, 0.25) is 0 Å². The van der Waals surface area contributed by atoms with Gasteiger partial charge in [-0.15, -0.1) is 0 Å². The molecule has 1 aromatic carbocycles. The summed E-state index contributed by atoms with van der Waals surface area (Å²) in [6.45, 7) is 6.19. The van der Waals surface area contributed by atoms with Crippen LogP contribution in [0.3, 0.4) is 0 Å². The second-order valence-electron chi connectivity index (χ2n) is 3.66. The van der Waals surface area contributed by atoms with Gasteiger partial charge in [-0.2, -0.15) is 0 Å². The molecule has 0 atom stereocenters. The Kier molecular flexibility index (Phi) is 2.20. The molecular weight excluding hydrogens is 194 g/mol. The molecule has 0 fully saturated rings. The summed E-state index contributed by atoms with van der Waals surface area (Å²) in [7, 11) is 0. The van der Waals surface area contributed by atoms with Crippen LogP contribution in [0, 0.1) is 20.8 Å². The van der Waals surface area contributed by atoms with E-state index in [9.17, 15) is 0 Å². The van der Waals surface area contributed by atoms with Gasteiger partial charge in [-0.25, -0.2) is 4.98 Å². The van der Waals surface area contributed by atoms with Gasteiger partial charge in [0.1, 0.15) is 5.15 Å². The van der Waals surface area contributed by atoms with Crippen molar-refractivity contribution in [1.82, 2.24) is 4.98 Å². The number of fused-ring (bicyclic) bond motifs is 1. The van der Waals surface area contributed by atoms with E-state index in [4.69, 9.17) is 11.6 Å². The van der Waals surface area contributed by atoms with Crippen molar-refractivity contribution in [2.75, 3.05) is 0 Å². The Morgan fingerprint density at radius 1 is 1.07 bits per heavy atom. The van der Waals surface area contributed by atoms with Crippen molar-refractivity contribution < 1.29 is 0 Å². The fourth-order valence-electron chi connectivity index (χ4n) is 1.66. The number of aromatic nitrogens is 1. The minimum absolute atomic E-state index is 0.600. The van der Waals surface area contributed by atoms with Crippen molar-refractivity contribution >= 4 is 22.4 Å². The minimum atomic E-state index is 0.600. The molecule has 1 aromatic heterocycles. The molecule has 0 aliphatic heterocycles. The van der Waals surface area contributed by atoms with Crippen LogP contribution >= 0.6 is 11.6 Å². The zero-order valence-electron chi connectivity index (χ0n) is 8.56. The maximum Gasteiger partial charge on any atom is 0.137 e. The molecular formula is C12H12ClN. The fourth-order valence-corrected chi connectivity index (χ4v) is 1.96. The second kappa shape index (κ2) is 3.25. The Morgan fingerprint density at radius 2 is 1.79 bits per heavy atom. The number of nitrogens with zero attached hydrogens (tertiary/aromatic N) is 1. The number of benzene rings is 1. The SMILES string of the molecule is Cc1cc2c(C)c(C)ccc2c(Cl)n1. The summed E-state index contributed by atoms with van der Waals surface area (Å²) in [6.07, 6.45) is 0. The first-order chi connectivity index (χ1) is 6.59. The van der Waals surface area contributed by atoms with E-state index >= 15 is 0 Å². The highest BCUT2D eigenvalue weighted by atomic mass is 35.5. The number of pyridine rings is 1. The molecule has 1 nitrogen and oxygen atoms in total. The fraction of sp³-hybridized carbons (Fsp3) is 0.250. The number of aryl methyl sites for hydroxylation is 3. The van der Waals surface area contributed by atoms with Crippen molar-refractivity contribution in [3.8, 4) is 0 Å². The van der Waals surface area contributed by atoms with Crippen LogP contribution in [0.15, 0.2) is 18.2 Å². The topological polar surface area (TPSA) is 12.9 Å². The highest BCUT2D eigenvalue weighted by Crippen LogP contribution is 2.26. The Balaban J connectivity index is 2.95. The zero-order chi connectivity index (χ0) is 10.3. The third kappa shape index (κ3) is 1.38. The number of hydrogen-bond donors (Lipinski definition) is 0. The van der Waals surface area contributed by atoms with Crippen LogP contribution in [-0.2, 0) is 0 Å². The van der Waals surface area contributed by atoms with E-state index in [1.165, 1.54) is 16.5 Å². The molecule has 0 unspecified atom stereocenters. The molecule has 2 rings (SSSR count). The molecule has 0 amide bonds. The highest BCUT2D eigenvalue weighted by molar-refractivity contribution is 6.34. The molecule has 0 N–H and O–H groups in total. The lowest BCUT2D eigenvalue weighted by molar-refractivity contribution is 1.22. The second-order valence-corrected chi connectivity index (χ2v) is 4.02. The molecule has 0 aliphatic carbocycles. The Hall–Kier alpha value is -1.08. The lowest BCUT2D eigenvalue weighted by Crippen LogP contribution is -1.89. The molecule has 0 saturated carbocycles. The maximum atomic E-state index is 6.08. The monoisotopic (exact) mass is 205 g/mol. The van der Waals surface area contributed by atoms with Crippen LogP contribution < -0.4 is 0 Å². The average molecular weight is 206 g/mol. The smallest absolute Gasteiger partial charge is 0.137 e. The molecule has 72 valence electrons. The summed E-state index contributed by atoms with van der Waals surface area (Å²) in [5.41, 5.74) is 3.55. The number of halogens is 1. The van der Waals surface area contributed by atoms with Gasteiger partial charge in [-0.1, -0.05) is 23.7 Å². The maximum absolute atomic E-state index is 6.08. The van der Waals surface area contributed by atoms with E-state index in [1.54, 1.807) is 0 Å². The molecule has 1 heterocycles. The van der Waals surface area contributed by atoms with Gasteiger partial charge < -0.3 is 0 Å². The summed E-state index contributed by atoms with van der Waals surface area (Å²) in [5.74, 6) is 0. The van der Waals surface area contributed by atoms with Crippen molar-refractivity contribution in [3.63, 3.8) is 0 Å². The first-order valence-electron chi connectivity index (χ1n) is 4.62. The van der Waals surface area contributed by atoms with Crippen LogP contribution in [0.5, 0.6) is 0 Å². The molecule has 0 bridgehead atoms. The summed E-state index contributed by atoms with van der Waals surface area (Å²) in [6, 6.07) is 6.20. The van der Waals surface area contributed by atoms with E-state index in [2.05, 4.69) is 31.0 Å². The predicted octanol–water partition coefficient (Wildman–Crippen LogP) is 3.81. The average Bonchev–Trinajstić information content (AvgIpc) is 2.12. The quantitative estimate of drug-likeness (QED) is 0.596. The van der Waals surface area contributed by atoms with Gasteiger partial charge >= 0.3 is 0 Å². The summed E-state index contributed by atoms with van der Waals surface area (Å²) in [4.78, 5) is 4.24. The summed E-state index contributed by atoms with van der Waals surface area (Å²) < 4.78 is 0. The van der Waals surface area contributed by atoms with Crippen LogP contribution in [-0.4, -0.2) is 4.98 Å². The molecule has 0 aliphatic rings. The summed E-state index contributed by atoms with van der Waals surface area (Å²) in [5, 5.41) is 2.85. The van der Waals surface area contributed by atoms with E-state index < -0.39 is 0 Å². The van der Waals surface area contributed by atoms with E-state index in [-0.39, 0.29) is 0 Å². The van der Waals surface area contributed by atoms with Crippen LogP contribution in [0.25, 0.3) is 10.8 Å². The van der Waals surface area contributed by atoms with Gasteiger partial charge in [0, 0.05) is 11.1 Å². The van der Waals surface area contributed by atoms with Crippen molar-refractivity contribution in [2.24, 2.45) is 0 Å². The molecule has 14 heavy (non-hydrogen) atoms. The third-order valence-corrected chi connectivity index (χ3v) is 2.92. The first kappa shape index (κ1) is 9.47. The Labute approximate surface area is 88.7 Å². The van der Waals surface area contributed by atoms with Crippen LogP contribution in [0.1, 0.15) is 16.8 Å². The molecule has 0 saturated heterocycles. The van der Waals surface area contributed by atoms with E-state index in [0.29, 0.717) is 5.15 Å². The lowest BCUT2D eigenvalue weighted by Gasteiger charge is -2.07. The van der Waals surface area contributed by atoms with Crippen LogP contribution in [0.2, 0.25) is 5.15 Å². The van der Waals surface area contributed by atoms with Gasteiger partial charge in [0.05, 0.1) is 0 Å². The lowest BCUT2D eigenvalue weighted by atomic mass is 10.0. The highest BCUT2D eigenvalue weighted by Gasteiger charge is 2.05. The van der Waals surface area contributed by atoms with Gasteiger partial charge in [0.15, 0.2) is 0 Å². The number of rotatable bonds is 0. The van der Waals surface area contributed by atoms with Crippen LogP contribution in [0.4, 0.5) is 0 Å². The van der Waals surface area contributed by atoms with E-state index in [1.807, 2.05) is 13.0 Å². The Bertz CT molecular complexity index is 503.